The van der Waals surface area contributed by atoms with E-state index in [1.165, 1.54) is 16.7 Å². The molecule has 0 fully saturated rings. The summed E-state index contributed by atoms with van der Waals surface area (Å²) in [5.41, 5.74) is 4.39. The van der Waals surface area contributed by atoms with E-state index in [0.29, 0.717) is 0 Å². The zero-order valence-electron chi connectivity index (χ0n) is 6.15. The van der Waals surface area contributed by atoms with Crippen molar-refractivity contribution in [2.45, 2.75) is 20.0 Å². The van der Waals surface area contributed by atoms with E-state index in [2.05, 4.69) is 30.4 Å². The fourth-order valence-electron chi connectivity index (χ4n) is 1.50. The molecule has 1 aromatic carbocycles. The molecular formula is C9H11N. The number of benzene rings is 1. The molecule has 0 saturated carbocycles. The Kier molecular flexibility index (Phi) is 1.24. The first kappa shape index (κ1) is 5.93. The molecule has 0 amide bonds. The van der Waals surface area contributed by atoms with E-state index >= 15 is 0 Å². The number of hydrogen-bond donors (Lipinski definition) is 1. The SMILES string of the molecule is Cc1cccc2c1CNC2. The van der Waals surface area contributed by atoms with Gasteiger partial charge in [0.2, 0.25) is 0 Å². The van der Waals surface area contributed by atoms with Crippen LogP contribution >= 0.6 is 0 Å². The van der Waals surface area contributed by atoms with Crippen molar-refractivity contribution in [1.82, 2.24) is 5.32 Å². The number of aryl methyl sites for hydroxylation is 1. The Hall–Kier alpha value is -0.820. The highest BCUT2D eigenvalue weighted by atomic mass is 14.9. The zero-order chi connectivity index (χ0) is 6.97. The number of rotatable bonds is 0. The van der Waals surface area contributed by atoms with Gasteiger partial charge < -0.3 is 5.32 Å². The van der Waals surface area contributed by atoms with Crippen LogP contribution in [0.4, 0.5) is 0 Å². The Balaban J connectivity index is 2.59. The monoisotopic (exact) mass is 133 g/mol. The zero-order valence-corrected chi connectivity index (χ0v) is 6.15. The molecule has 0 bridgehead atoms. The predicted molar refractivity (Wildman–Crippen MR) is 41.7 cm³/mol. The van der Waals surface area contributed by atoms with Crippen molar-refractivity contribution in [3.8, 4) is 0 Å². The van der Waals surface area contributed by atoms with Crippen LogP contribution in [0.15, 0.2) is 18.2 Å². The topological polar surface area (TPSA) is 12.0 Å². The van der Waals surface area contributed by atoms with Crippen molar-refractivity contribution < 1.29 is 0 Å². The van der Waals surface area contributed by atoms with E-state index in [4.69, 9.17) is 0 Å². The molecule has 1 nitrogen and oxygen atoms in total. The van der Waals surface area contributed by atoms with Crippen molar-refractivity contribution in [3.63, 3.8) is 0 Å². The average Bonchev–Trinajstić information content (AvgIpc) is 2.36. The highest BCUT2D eigenvalue weighted by molar-refractivity contribution is 5.36. The molecule has 0 radical (unpaired) electrons. The van der Waals surface area contributed by atoms with Crippen molar-refractivity contribution in [1.29, 1.82) is 0 Å². The van der Waals surface area contributed by atoms with Crippen molar-refractivity contribution in [2.75, 3.05) is 0 Å². The van der Waals surface area contributed by atoms with Gasteiger partial charge in [-0.25, -0.2) is 0 Å². The van der Waals surface area contributed by atoms with Crippen LogP contribution in [0.5, 0.6) is 0 Å². The summed E-state index contributed by atoms with van der Waals surface area (Å²) in [4.78, 5) is 0. The van der Waals surface area contributed by atoms with Gasteiger partial charge in [0.25, 0.3) is 0 Å². The number of hydrogen-bond acceptors (Lipinski definition) is 1. The average molecular weight is 133 g/mol. The molecule has 0 aliphatic carbocycles. The number of nitrogens with one attached hydrogen (secondary N) is 1. The van der Waals surface area contributed by atoms with E-state index in [1.807, 2.05) is 0 Å². The van der Waals surface area contributed by atoms with Gasteiger partial charge in [-0.1, -0.05) is 18.2 Å². The van der Waals surface area contributed by atoms with Crippen LogP contribution in [0.2, 0.25) is 0 Å². The maximum absolute atomic E-state index is 3.33. The summed E-state index contributed by atoms with van der Waals surface area (Å²) in [6.07, 6.45) is 0. The molecule has 1 heterocycles. The Labute approximate surface area is 61.1 Å². The molecule has 0 spiro atoms. The van der Waals surface area contributed by atoms with E-state index in [-0.39, 0.29) is 0 Å². The van der Waals surface area contributed by atoms with Gasteiger partial charge in [-0.15, -0.1) is 0 Å². The second-order valence-corrected chi connectivity index (χ2v) is 2.82. The standard InChI is InChI=1S/C9H11N/c1-7-3-2-4-8-5-10-6-9(7)8/h2-4,10H,5-6H2,1H3. The van der Waals surface area contributed by atoms with Crippen molar-refractivity contribution in [2.24, 2.45) is 0 Å². The highest BCUT2D eigenvalue weighted by Crippen LogP contribution is 2.18. The fourth-order valence-corrected chi connectivity index (χ4v) is 1.50. The van der Waals surface area contributed by atoms with E-state index < -0.39 is 0 Å². The van der Waals surface area contributed by atoms with Crippen LogP contribution in [0.25, 0.3) is 0 Å². The molecule has 2 rings (SSSR count). The Morgan fingerprint density at radius 2 is 2.20 bits per heavy atom. The molecule has 1 aliphatic rings. The van der Waals surface area contributed by atoms with Gasteiger partial charge in [-0.05, 0) is 23.6 Å². The summed E-state index contributed by atoms with van der Waals surface area (Å²) in [6, 6.07) is 6.50. The predicted octanol–water partition coefficient (Wildman–Crippen LogP) is 1.60. The molecular weight excluding hydrogens is 122 g/mol. The van der Waals surface area contributed by atoms with Gasteiger partial charge in [0.15, 0.2) is 0 Å². The van der Waals surface area contributed by atoms with Gasteiger partial charge in [-0.3, -0.25) is 0 Å². The minimum atomic E-state index is 1.05. The molecule has 0 unspecified atom stereocenters. The first-order valence-corrected chi connectivity index (χ1v) is 3.66. The van der Waals surface area contributed by atoms with Gasteiger partial charge in [0.05, 0.1) is 0 Å². The summed E-state index contributed by atoms with van der Waals surface area (Å²) < 4.78 is 0. The maximum atomic E-state index is 3.33. The Morgan fingerprint density at radius 3 is 3.00 bits per heavy atom. The normalized spacial score (nSPS) is 15.3. The van der Waals surface area contributed by atoms with Crippen molar-refractivity contribution >= 4 is 0 Å². The minimum Gasteiger partial charge on any atom is -0.309 e. The lowest BCUT2D eigenvalue weighted by atomic mass is 10.1. The van der Waals surface area contributed by atoms with E-state index in [9.17, 15) is 0 Å². The third-order valence-electron chi connectivity index (χ3n) is 2.12. The van der Waals surface area contributed by atoms with E-state index in [0.717, 1.165) is 13.1 Å². The molecule has 0 aromatic heterocycles. The van der Waals surface area contributed by atoms with Crippen LogP contribution in [0.1, 0.15) is 16.7 Å². The van der Waals surface area contributed by atoms with Crippen LogP contribution in [-0.4, -0.2) is 0 Å². The van der Waals surface area contributed by atoms with Gasteiger partial charge in [0.1, 0.15) is 0 Å². The molecule has 0 saturated heterocycles. The third-order valence-corrected chi connectivity index (χ3v) is 2.12. The fraction of sp³-hybridized carbons (Fsp3) is 0.333. The second-order valence-electron chi connectivity index (χ2n) is 2.82. The Morgan fingerprint density at radius 1 is 1.30 bits per heavy atom. The smallest absolute Gasteiger partial charge is 0.0214 e. The summed E-state index contributed by atoms with van der Waals surface area (Å²) in [7, 11) is 0. The van der Waals surface area contributed by atoms with Crippen LogP contribution < -0.4 is 5.32 Å². The van der Waals surface area contributed by atoms with Crippen molar-refractivity contribution in [3.05, 3.63) is 34.9 Å². The van der Waals surface area contributed by atoms with Gasteiger partial charge >= 0.3 is 0 Å². The lowest BCUT2D eigenvalue weighted by Gasteiger charge is -1.99. The first-order chi connectivity index (χ1) is 4.88. The highest BCUT2D eigenvalue weighted by Gasteiger charge is 2.09. The molecule has 10 heavy (non-hydrogen) atoms. The van der Waals surface area contributed by atoms with Crippen LogP contribution in [-0.2, 0) is 13.1 Å². The molecule has 52 valence electrons. The second kappa shape index (κ2) is 2.10. The summed E-state index contributed by atoms with van der Waals surface area (Å²) in [6.45, 7) is 4.28. The largest absolute Gasteiger partial charge is 0.309 e. The summed E-state index contributed by atoms with van der Waals surface area (Å²) in [5, 5.41) is 3.33. The third kappa shape index (κ3) is 0.745. The lowest BCUT2D eigenvalue weighted by molar-refractivity contribution is 0.763. The van der Waals surface area contributed by atoms with Crippen LogP contribution in [0.3, 0.4) is 0 Å². The maximum Gasteiger partial charge on any atom is 0.0214 e. The van der Waals surface area contributed by atoms with Gasteiger partial charge in [0, 0.05) is 13.1 Å². The van der Waals surface area contributed by atoms with Crippen LogP contribution in [0, 0.1) is 6.92 Å². The molecule has 1 heteroatoms. The number of fused-ring (bicyclic) bond motifs is 1. The molecule has 1 aromatic rings. The van der Waals surface area contributed by atoms with Gasteiger partial charge in [-0.2, -0.15) is 0 Å². The molecule has 0 atom stereocenters. The quantitative estimate of drug-likeness (QED) is 0.566. The summed E-state index contributed by atoms with van der Waals surface area (Å²) in [5.74, 6) is 0. The minimum absolute atomic E-state index is 1.05. The molecule has 1 aliphatic heterocycles. The Bertz CT molecular complexity index is 253. The first-order valence-electron chi connectivity index (χ1n) is 3.66. The van der Waals surface area contributed by atoms with E-state index in [1.54, 1.807) is 0 Å². The lowest BCUT2D eigenvalue weighted by Crippen LogP contribution is -2.00. The summed E-state index contributed by atoms with van der Waals surface area (Å²) >= 11 is 0. The molecule has 1 N–H and O–H groups in total.